The van der Waals surface area contributed by atoms with Crippen molar-refractivity contribution in [3.63, 3.8) is 0 Å². The highest BCUT2D eigenvalue weighted by Gasteiger charge is 2.23. The molecule has 0 aromatic heterocycles. The van der Waals surface area contributed by atoms with E-state index in [9.17, 15) is 0 Å². The van der Waals surface area contributed by atoms with Crippen LogP contribution in [0.5, 0.6) is 11.5 Å². The third-order valence-electron chi connectivity index (χ3n) is 4.49. The van der Waals surface area contributed by atoms with E-state index in [0.29, 0.717) is 30.1 Å². The molecule has 0 radical (unpaired) electrons. The van der Waals surface area contributed by atoms with Gasteiger partial charge in [-0.15, -0.1) is 24.0 Å². The number of aliphatic imine (C=N–C) groups is 1. The Morgan fingerprint density at radius 1 is 1.33 bits per heavy atom. The summed E-state index contributed by atoms with van der Waals surface area (Å²) in [6.07, 6.45) is 0. The van der Waals surface area contributed by atoms with Gasteiger partial charge in [0, 0.05) is 36.9 Å². The van der Waals surface area contributed by atoms with Gasteiger partial charge in [-0.1, -0.05) is 0 Å². The second kappa shape index (κ2) is 12.2. The van der Waals surface area contributed by atoms with Crippen LogP contribution in [0.4, 0.5) is 5.69 Å². The van der Waals surface area contributed by atoms with Crippen molar-refractivity contribution in [2.24, 2.45) is 4.99 Å². The first-order valence-electron chi connectivity index (χ1n) is 9.19. The van der Waals surface area contributed by atoms with Crippen LogP contribution >= 0.6 is 24.0 Å². The van der Waals surface area contributed by atoms with Crippen LogP contribution in [-0.4, -0.2) is 70.0 Å². The standard InChI is InChI=1S/C19H32N4O3.HI/c1-6-20-19(21-12-14(2)23-9-10-26-13-15(23)3)22-16-7-8-17(24-4)18(11-16)25-5;/h7-8,11,14-15H,6,9-10,12-13H2,1-5H3,(H2,20,21,22);1H. The molecule has 2 atom stereocenters. The van der Waals surface area contributed by atoms with E-state index in [-0.39, 0.29) is 24.0 Å². The zero-order valence-electron chi connectivity index (χ0n) is 16.9. The third-order valence-corrected chi connectivity index (χ3v) is 4.49. The molecule has 7 nitrogen and oxygen atoms in total. The molecule has 1 aromatic rings. The first kappa shape index (κ1) is 23.8. The van der Waals surface area contributed by atoms with Gasteiger partial charge in [0.15, 0.2) is 17.5 Å². The summed E-state index contributed by atoms with van der Waals surface area (Å²) in [4.78, 5) is 7.21. The van der Waals surface area contributed by atoms with Gasteiger partial charge in [-0.25, -0.2) is 0 Å². The average Bonchev–Trinajstić information content (AvgIpc) is 2.66. The van der Waals surface area contributed by atoms with E-state index >= 15 is 0 Å². The predicted octanol–water partition coefficient (Wildman–Crippen LogP) is 2.81. The number of halogens is 1. The minimum absolute atomic E-state index is 0. The Bertz CT molecular complexity index is 600. The molecule has 1 saturated heterocycles. The largest absolute Gasteiger partial charge is 0.493 e. The highest BCUT2D eigenvalue weighted by Crippen LogP contribution is 2.29. The highest BCUT2D eigenvalue weighted by atomic mass is 127. The summed E-state index contributed by atoms with van der Waals surface area (Å²) in [7, 11) is 3.26. The summed E-state index contributed by atoms with van der Waals surface area (Å²) in [6, 6.07) is 6.51. The fourth-order valence-electron chi connectivity index (χ4n) is 3.08. The van der Waals surface area contributed by atoms with Gasteiger partial charge in [0.05, 0.1) is 34.0 Å². The quantitative estimate of drug-likeness (QED) is 0.347. The Morgan fingerprint density at radius 3 is 2.70 bits per heavy atom. The molecule has 1 aliphatic heterocycles. The van der Waals surface area contributed by atoms with Gasteiger partial charge in [0.25, 0.3) is 0 Å². The summed E-state index contributed by atoms with van der Waals surface area (Å²) >= 11 is 0. The Labute approximate surface area is 179 Å². The van der Waals surface area contributed by atoms with Crippen LogP contribution in [0.25, 0.3) is 0 Å². The van der Waals surface area contributed by atoms with Crippen molar-refractivity contribution in [3.05, 3.63) is 18.2 Å². The number of rotatable bonds is 7. The normalized spacial score (nSPS) is 19.0. The first-order valence-corrected chi connectivity index (χ1v) is 9.19. The van der Waals surface area contributed by atoms with E-state index in [4.69, 9.17) is 19.2 Å². The summed E-state index contributed by atoms with van der Waals surface area (Å²) < 4.78 is 16.2. The number of nitrogens with zero attached hydrogens (tertiary/aromatic N) is 2. The Hall–Kier alpha value is -1.26. The fraction of sp³-hybridized carbons (Fsp3) is 0.632. The molecule has 8 heteroatoms. The Balaban J connectivity index is 0.00000364. The Morgan fingerprint density at radius 2 is 2.07 bits per heavy atom. The van der Waals surface area contributed by atoms with Gasteiger partial charge in [-0.2, -0.15) is 0 Å². The number of nitrogens with one attached hydrogen (secondary N) is 2. The van der Waals surface area contributed by atoms with Crippen LogP contribution < -0.4 is 20.1 Å². The van der Waals surface area contributed by atoms with Crippen LogP contribution in [0, 0.1) is 0 Å². The summed E-state index contributed by atoms with van der Waals surface area (Å²) in [6.45, 7) is 10.5. The molecule has 0 bridgehead atoms. The number of methoxy groups -OCH3 is 2. The number of hydrogen-bond donors (Lipinski definition) is 2. The molecule has 0 aliphatic carbocycles. The molecule has 1 heterocycles. The molecule has 1 aliphatic rings. The monoisotopic (exact) mass is 492 g/mol. The fourth-order valence-corrected chi connectivity index (χ4v) is 3.08. The molecule has 2 rings (SSSR count). The molecular weight excluding hydrogens is 459 g/mol. The second-order valence-corrected chi connectivity index (χ2v) is 6.43. The molecule has 1 aromatic carbocycles. The number of benzene rings is 1. The molecule has 0 spiro atoms. The maximum Gasteiger partial charge on any atom is 0.195 e. The van der Waals surface area contributed by atoms with Crippen molar-refractivity contribution in [2.45, 2.75) is 32.9 Å². The van der Waals surface area contributed by atoms with Crippen molar-refractivity contribution in [3.8, 4) is 11.5 Å². The van der Waals surface area contributed by atoms with Crippen molar-refractivity contribution < 1.29 is 14.2 Å². The predicted molar refractivity (Wildman–Crippen MR) is 121 cm³/mol. The summed E-state index contributed by atoms with van der Waals surface area (Å²) in [5, 5.41) is 6.63. The van der Waals surface area contributed by atoms with E-state index in [2.05, 4.69) is 36.3 Å². The van der Waals surface area contributed by atoms with Crippen molar-refractivity contribution in [1.82, 2.24) is 10.2 Å². The number of morpholine rings is 1. The van der Waals surface area contributed by atoms with E-state index in [1.807, 2.05) is 18.2 Å². The molecule has 2 unspecified atom stereocenters. The van der Waals surface area contributed by atoms with Crippen LogP contribution in [0.2, 0.25) is 0 Å². The van der Waals surface area contributed by atoms with Crippen LogP contribution in [0.3, 0.4) is 0 Å². The lowest BCUT2D eigenvalue weighted by Crippen LogP contribution is -2.49. The van der Waals surface area contributed by atoms with E-state index in [0.717, 1.165) is 38.0 Å². The number of guanidine groups is 1. The van der Waals surface area contributed by atoms with E-state index in [1.54, 1.807) is 14.2 Å². The second-order valence-electron chi connectivity index (χ2n) is 6.43. The molecular formula is C19H33IN4O3. The zero-order chi connectivity index (χ0) is 18.9. The van der Waals surface area contributed by atoms with E-state index < -0.39 is 0 Å². The van der Waals surface area contributed by atoms with Gasteiger partial charge in [-0.05, 0) is 32.9 Å². The number of hydrogen-bond acceptors (Lipinski definition) is 5. The molecule has 0 amide bonds. The summed E-state index contributed by atoms with van der Waals surface area (Å²) in [5.41, 5.74) is 0.898. The zero-order valence-corrected chi connectivity index (χ0v) is 19.3. The highest BCUT2D eigenvalue weighted by molar-refractivity contribution is 14.0. The lowest BCUT2D eigenvalue weighted by atomic mass is 10.2. The van der Waals surface area contributed by atoms with Gasteiger partial charge in [0.2, 0.25) is 0 Å². The SMILES string of the molecule is CCNC(=NCC(C)N1CCOCC1C)Nc1ccc(OC)c(OC)c1.I. The Kier molecular flexibility index (Phi) is 10.8. The van der Waals surface area contributed by atoms with Crippen molar-refractivity contribution >= 4 is 35.6 Å². The smallest absolute Gasteiger partial charge is 0.195 e. The van der Waals surface area contributed by atoms with Crippen molar-refractivity contribution in [2.75, 3.05) is 52.4 Å². The maximum atomic E-state index is 5.52. The third kappa shape index (κ3) is 7.00. The molecule has 154 valence electrons. The maximum absolute atomic E-state index is 5.52. The lowest BCUT2D eigenvalue weighted by Gasteiger charge is -2.37. The summed E-state index contributed by atoms with van der Waals surface area (Å²) in [5.74, 6) is 2.14. The number of anilines is 1. The van der Waals surface area contributed by atoms with E-state index in [1.165, 1.54) is 0 Å². The van der Waals surface area contributed by atoms with Gasteiger partial charge >= 0.3 is 0 Å². The van der Waals surface area contributed by atoms with Crippen molar-refractivity contribution in [1.29, 1.82) is 0 Å². The molecule has 2 N–H and O–H groups in total. The van der Waals surface area contributed by atoms with Crippen LogP contribution in [0.15, 0.2) is 23.2 Å². The van der Waals surface area contributed by atoms with Gasteiger partial charge < -0.3 is 24.8 Å². The topological polar surface area (TPSA) is 67.4 Å². The van der Waals surface area contributed by atoms with Gasteiger partial charge in [0.1, 0.15) is 0 Å². The van der Waals surface area contributed by atoms with Crippen LogP contribution in [-0.2, 0) is 4.74 Å². The average molecular weight is 492 g/mol. The van der Waals surface area contributed by atoms with Gasteiger partial charge in [-0.3, -0.25) is 9.89 Å². The number of ether oxygens (including phenoxy) is 3. The first-order chi connectivity index (χ1) is 12.6. The lowest BCUT2D eigenvalue weighted by molar-refractivity contribution is -0.0165. The molecule has 27 heavy (non-hydrogen) atoms. The minimum Gasteiger partial charge on any atom is -0.493 e. The molecule has 0 saturated carbocycles. The minimum atomic E-state index is 0. The molecule has 1 fully saturated rings. The van der Waals surface area contributed by atoms with Crippen LogP contribution in [0.1, 0.15) is 20.8 Å².